The smallest absolute Gasteiger partial charge is 0.238 e. The van der Waals surface area contributed by atoms with Crippen LogP contribution in [0, 0.1) is 0 Å². The molecule has 1 aromatic carbocycles. The van der Waals surface area contributed by atoms with Crippen LogP contribution in [0.15, 0.2) is 18.2 Å². The van der Waals surface area contributed by atoms with Gasteiger partial charge in [0.2, 0.25) is 5.91 Å². The molecule has 2 aliphatic rings. The predicted molar refractivity (Wildman–Crippen MR) is 80.1 cm³/mol. The van der Waals surface area contributed by atoms with Gasteiger partial charge < -0.3 is 10.6 Å². The van der Waals surface area contributed by atoms with Crippen LogP contribution in [0.5, 0.6) is 0 Å². The van der Waals surface area contributed by atoms with Gasteiger partial charge in [0, 0.05) is 18.8 Å². The molecule has 1 amide bonds. The van der Waals surface area contributed by atoms with Crippen molar-refractivity contribution < 1.29 is 4.79 Å². The molecule has 3 nitrogen and oxygen atoms in total. The van der Waals surface area contributed by atoms with Crippen molar-refractivity contribution in [2.45, 2.75) is 37.5 Å². The number of nitrogen functional groups attached to an aromatic ring is 1. The maximum atomic E-state index is 12.7. The first kappa shape index (κ1) is 12.9. The van der Waals surface area contributed by atoms with Gasteiger partial charge in [0.1, 0.15) is 0 Å². The fourth-order valence-electron chi connectivity index (χ4n) is 3.06. The molecule has 2 aliphatic heterocycles. The Balaban J connectivity index is 1.82. The minimum Gasteiger partial charge on any atom is -0.398 e. The van der Waals surface area contributed by atoms with Crippen LogP contribution in [0.4, 0.5) is 5.69 Å². The van der Waals surface area contributed by atoms with Gasteiger partial charge in [-0.15, -0.1) is 11.8 Å². The van der Waals surface area contributed by atoms with Crippen molar-refractivity contribution in [1.29, 1.82) is 0 Å². The number of amides is 1. The van der Waals surface area contributed by atoms with Gasteiger partial charge in [-0.2, -0.15) is 0 Å². The van der Waals surface area contributed by atoms with E-state index < -0.39 is 0 Å². The van der Waals surface area contributed by atoms with Crippen molar-refractivity contribution in [3.63, 3.8) is 0 Å². The number of thioether (sulfide) groups is 1. The monoisotopic (exact) mass is 276 g/mol. The predicted octanol–water partition coefficient (Wildman–Crippen LogP) is 2.44. The largest absolute Gasteiger partial charge is 0.398 e. The lowest BCUT2D eigenvalue weighted by atomic mass is 9.96. The number of carbonyl (C=O) groups is 1. The summed E-state index contributed by atoms with van der Waals surface area (Å²) in [6, 6.07) is 6.05. The van der Waals surface area contributed by atoms with Crippen LogP contribution >= 0.6 is 11.8 Å². The summed E-state index contributed by atoms with van der Waals surface area (Å²) in [5.74, 6) is 1.40. The number of hydrogen-bond donors (Lipinski definition) is 1. The normalized spacial score (nSPS) is 26.3. The molecule has 3 rings (SSSR count). The number of rotatable bonds is 1. The zero-order valence-electron chi connectivity index (χ0n) is 11.3. The first-order chi connectivity index (χ1) is 9.10. The number of hydrogen-bond acceptors (Lipinski definition) is 3. The molecule has 102 valence electrons. The Bertz CT molecular complexity index is 509. The quantitative estimate of drug-likeness (QED) is 0.801. The van der Waals surface area contributed by atoms with Crippen LogP contribution in [0.2, 0.25) is 0 Å². The topological polar surface area (TPSA) is 46.3 Å². The van der Waals surface area contributed by atoms with E-state index in [1.165, 1.54) is 5.56 Å². The van der Waals surface area contributed by atoms with Gasteiger partial charge in [0.15, 0.2) is 0 Å². The highest BCUT2D eigenvalue weighted by molar-refractivity contribution is 8.01. The molecular weight excluding hydrogens is 256 g/mol. The van der Waals surface area contributed by atoms with E-state index in [9.17, 15) is 4.79 Å². The zero-order chi connectivity index (χ0) is 13.5. The summed E-state index contributed by atoms with van der Waals surface area (Å²) in [5, 5.41) is 0. The van der Waals surface area contributed by atoms with Gasteiger partial charge >= 0.3 is 0 Å². The molecular formula is C15H20N2OS. The first-order valence-electron chi connectivity index (χ1n) is 6.90. The van der Waals surface area contributed by atoms with Crippen molar-refractivity contribution in [1.82, 2.24) is 4.90 Å². The molecule has 1 atom stereocenters. The third kappa shape index (κ3) is 2.22. The maximum absolute atomic E-state index is 12.7. The van der Waals surface area contributed by atoms with E-state index in [0.29, 0.717) is 12.5 Å². The Morgan fingerprint density at radius 2 is 2.32 bits per heavy atom. The standard InChI is InChI=1S/C15H20N2OS/c1-15(7-3-9-19-15)14(18)17-8-6-11-4-2-5-13(16)12(11)10-17/h2,4-5H,3,6-10,16H2,1H3. The summed E-state index contributed by atoms with van der Waals surface area (Å²) in [7, 11) is 0. The molecule has 4 heteroatoms. The van der Waals surface area contributed by atoms with Crippen molar-refractivity contribution >= 4 is 23.4 Å². The number of fused-ring (bicyclic) bond motifs is 1. The lowest BCUT2D eigenvalue weighted by molar-refractivity contribution is -0.134. The van der Waals surface area contributed by atoms with Gasteiger partial charge in [-0.1, -0.05) is 12.1 Å². The van der Waals surface area contributed by atoms with Crippen molar-refractivity contribution in [2.24, 2.45) is 0 Å². The van der Waals surface area contributed by atoms with Crippen LogP contribution in [0.1, 0.15) is 30.9 Å². The second kappa shape index (κ2) is 4.75. The summed E-state index contributed by atoms with van der Waals surface area (Å²) >= 11 is 1.81. The Kier molecular flexibility index (Phi) is 3.21. The molecule has 2 heterocycles. The Labute approximate surface area is 118 Å². The van der Waals surface area contributed by atoms with Crippen LogP contribution in [0.3, 0.4) is 0 Å². The Morgan fingerprint density at radius 3 is 3.05 bits per heavy atom. The number of benzene rings is 1. The van der Waals surface area contributed by atoms with E-state index in [2.05, 4.69) is 13.0 Å². The van der Waals surface area contributed by atoms with Gasteiger partial charge in [-0.05, 0) is 49.1 Å². The second-order valence-corrected chi connectivity index (χ2v) is 7.24. The lowest BCUT2D eigenvalue weighted by Crippen LogP contribution is -2.46. The average molecular weight is 276 g/mol. The molecule has 1 aromatic rings. The lowest BCUT2D eigenvalue weighted by Gasteiger charge is -2.35. The Hall–Kier alpha value is -1.16. The number of nitrogens with two attached hydrogens (primary N) is 1. The number of anilines is 1. The molecule has 1 saturated heterocycles. The third-order valence-corrected chi connectivity index (χ3v) is 5.78. The summed E-state index contributed by atoms with van der Waals surface area (Å²) in [6.07, 6.45) is 3.08. The van der Waals surface area contributed by atoms with E-state index in [4.69, 9.17) is 5.73 Å². The SMILES string of the molecule is CC1(C(=O)N2CCc3cccc(N)c3C2)CCCS1. The maximum Gasteiger partial charge on any atom is 0.238 e. The highest BCUT2D eigenvalue weighted by Gasteiger charge is 2.40. The number of carbonyl (C=O) groups excluding carboxylic acids is 1. The van der Waals surface area contributed by atoms with Gasteiger partial charge in [-0.25, -0.2) is 0 Å². The van der Waals surface area contributed by atoms with Crippen molar-refractivity contribution in [3.05, 3.63) is 29.3 Å². The molecule has 0 aliphatic carbocycles. The fourth-order valence-corrected chi connectivity index (χ4v) is 4.34. The molecule has 1 fully saturated rings. The highest BCUT2D eigenvalue weighted by atomic mass is 32.2. The summed E-state index contributed by atoms with van der Waals surface area (Å²) in [4.78, 5) is 14.7. The van der Waals surface area contributed by atoms with Crippen LogP contribution in [0.25, 0.3) is 0 Å². The van der Waals surface area contributed by atoms with E-state index >= 15 is 0 Å². The van der Waals surface area contributed by atoms with Crippen LogP contribution < -0.4 is 5.73 Å². The molecule has 0 aromatic heterocycles. The van der Waals surface area contributed by atoms with E-state index in [1.54, 1.807) is 0 Å². The van der Waals surface area contributed by atoms with Crippen molar-refractivity contribution in [2.75, 3.05) is 18.0 Å². The fraction of sp³-hybridized carbons (Fsp3) is 0.533. The van der Waals surface area contributed by atoms with E-state index in [-0.39, 0.29) is 4.75 Å². The number of nitrogens with zero attached hydrogens (tertiary/aromatic N) is 1. The zero-order valence-corrected chi connectivity index (χ0v) is 12.1. The summed E-state index contributed by atoms with van der Waals surface area (Å²) in [5.41, 5.74) is 9.31. The second-order valence-electron chi connectivity index (χ2n) is 5.64. The molecule has 1 unspecified atom stereocenters. The van der Waals surface area contributed by atoms with E-state index in [0.717, 1.165) is 42.8 Å². The van der Waals surface area contributed by atoms with Crippen LogP contribution in [-0.2, 0) is 17.8 Å². The summed E-state index contributed by atoms with van der Waals surface area (Å²) in [6.45, 7) is 3.60. The van der Waals surface area contributed by atoms with Crippen LogP contribution in [-0.4, -0.2) is 27.9 Å². The van der Waals surface area contributed by atoms with Crippen molar-refractivity contribution in [3.8, 4) is 0 Å². The van der Waals surface area contributed by atoms with E-state index in [1.807, 2.05) is 28.8 Å². The molecule has 19 heavy (non-hydrogen) atoms. The first-order valence-corrected chi connectivity index (χ1v) is 7.88. The molecule has 0 bridgehead atoms. The summed E-state index contributed by atoms with van der Waals surface area (Å²) < 4.78 is -0.207. The molecule has 0 saturated carbocycles. The van der Waals surface area contributed by atoms with Gasteiger partial charge in [-0.3, -0.25) is 4.79 Å². The highest BCUT2D eigenvalue weighted by Crippen LogP contribution is 2.40. The van der Waals surface area contributed by atoms with Gasteiger partial charge in [0.05, 0.1) is 4.75 Å². The molecule has 0 radical (unpaired) electrons. The minimum atomic E-state index is -0.207. The molecule has 2 N–H and O–H groups in total. The third-order valence-electron chi connectivity index (χ3n) is 4.27. The molecule has 0 spiro atoms. The average Bonchev–Trinajstić information content (AvgIpc) is 2.86. The van der Waals surface area contributed by atoms with Gasteiger partial charge in [0.25, 0.3) is 0 Å². The Morgan fingerprint density at radius 1 is 1.47 bits per heavy atom. The minimum absolute atomic E-state index is 0.207.